The van der Waals surface area contributed by atoms with Crippen LogP contribution in [0.1, 0.15) is 25.0 Å². The zero-order valence-corrected chi connectivity index (χ0v) is 19.4. The fourth-order valence-electron chi connectivity index (χ4n) is 3.25. The van der Waals surface area contributed by atoms with Crippen LogP contribution in [0.5, 0.6) is 11.5 Å². The zero-order chi connectivity index (χ0) is 24.1. The van der Waals surface area contributed by atoms with E-state index in [1.807, 2.05) is 26.8 Å². The summed E-state index contributed by atoms with van der Waals surface area (Å²) >= 11 is 0. The molecule has 5 N–H and O–H groups in total. The first kappa shape index (κ1) is 23.6. The van der Waals surface area contributed by atoms with Gasteiger partial charge in [-0.3, -0.25) is 4.79 Å². The minimum absolute atomic E-state index is 0.0390. The second kappa shape index (κ2) is 10.0. The number of nitrogen functional groups attached to an aromatic ring is 1. The molecule has 0 radical (unpaired) electrons. The van der Waals surface area contributed by atoms with Crippen molar-refractivity contribution in [3.05, 3.63) is 41.5 Å². The number of benzene rings is 2. The van der Waals surface area contributed by atoms with Crippen molar-refractivity contribution in [3.63, 3.8) is 0 Å². The van der Waals surface area contributed by atoms with Gasteiger partial charge in [0.2, 0.25) is 5.95 Å². The molecule has 1 aromatic heterocycles. The lowest BCUT2D eigenvalue weighted by atomic mass is 10.1. The van der Waals surface area contributed by atoms with Crippen molar-refractivity contribution in [2.45, 2.75) is 26.8 Å². The van der Waals surface area contributed by atoms with Gasteiger partial charge in [-0.05, 0) is 56.7 Å². The number of carbonyl (C=O) groups is 1. The topological polar surface area (TPSA) is 140 Å². The number of methoxy groups -OCH3 is 1. The van der Waals surface area contributed by atoms with E-state index in [2.05, 4.69) is 20.7 Å². The van der Waals surface area contributed by atoms with Gasteiger partial charge in [-0.15, -0.1) is 5.10 Å². The number of nitrogens with zero attached hydrogens (tertiary/aromatic N) is 3. The Morgan fingerprint density at radius 3 is 2.70 bits per heavy atom. The highest BCUT2D eigenvalue weighted by Gasteiger charge is 2.15. The van der Waals surface area contributed by atoms with Crippen LogP contribution in [0.4, 0.5) is 17.3 Å². The van der Waals surface area contributed by atoms with Gasteiger partial charge in [0.25, 0.3) is 5.91 Å². The van der Waals surface area contributed by atoms with Crippen molar-refractivity contribution in [2.75, 3.05) is 24.8 Å². The second-order valence-electron chi connectivity index (χ2n) is 7.77. The minimum atomic E-state index is -0.206. The van der Waals surface area contributed by atoms with Crippen molar-refractivity contribution < 1.29 is 14.3 Å². The molecule has 10 nitrogen and oxygen atoms in total. The van der Waals surface area contributed by atoms with E-state index in [9.17, 15) is 4.79 Å². The van der Waals surface area contributed by atoms with E-state index >= 15 is 0 Å². The third kappa shape index (κ3) is 5.40. The molecule has 3 aromatic rings. The standard InChI is InChI=1S/C23H29N7O3/c1-13(2)26-21(31)12-33-19-9-6-15(10-20(19)32-5)22-28-23(30(4)29-22)27-18-8-7-17(25)16(11-24)14(18)3/h6-11,13,24H,12,25H2,1-5H3,(H,26,31)(H,27,28,29). The minimum Gasteiger partial charge on any atom is -0.493 e. The summed E-state index contributed by atoms with van der Waals surface area (Å²) in [4.78, 5) is 16.5. The Balaban J connectivity index is 1.82. The molecule has 0 atom stereocenters. The molecule has 0 saturated carbocycles. The first-order valence-corrected chi connectivity index (χ1v) is 10.4. The number of nitrogens with two attached hydrogens (primary N) is 1. The van der Waals surface area contributed by atoms with E-state index < -0.39 is 0 Å². The Labute approximate surface area is 192 Å². The monoisotopic (exact) mass is 451 g/mol. The fourth-order valence-corrected chi connectivity index (χ4v) is 3.25. The molecule has 0 aliphatic carbocycles. The van der Waals surface area contributed by atoms with Gasteiger partial charge in [0.15, 0.2) is 23.9 Å². The first-order chi connectivity index (χ1) is 15.7. The van der Waals surface area contributed by atoms with E-state index in [0.717, 1.165) is 16.8 Å². The van der Waals surface area contributed by atoms with Crippen LogP contribution in [0.25, 0.3) is 11.4 Å². The number of rotatable bonds is 9. The number of ether oxygens (including phenoxy) is 2. The highest BCUT2D eigenvalue weighted by Crippen LogP contribution is 2.32. The molecule has 0 spiro atoms. The summed E-state index contributed by atoms with van der Waals surface area (Å²) < 4.78 is 12.7. The number of hydrogen-bond donors (Lipinski definition) is 4. The van der Waals surface area contributed by atoms with Crippen LogP contribution < -0.4 is 25.8 Å². The zero-order valence-electron chi connectivity index (χ0n) is 19.4. The van der Waals surface area contributed by atoms with Gasteiger partial charge >= 0.3 is 0 Å². The van der Waals surface area contributed by atoms with Gasteiger partial charge in [0, 0.05) is 41.8 Å². The van der Waals surface area contributed by atoms with Gasteiger partial charge < -0.3 is 31.3 Å². The molecule has 1 heterocycles. The Hall–Kier alpha value is -4.08. The van der Waals surface area contributed by atoms with Gasteiger partial charge in [0.05, 0.1) is 7.11 Å². The highest BCUT2D eigenvalue weighted by molar-refractivity contribution is 5.90. The number of anilines is 3. The Bertz CT molecular complexity index is 1170. The predicted octanol–water partition coefficient (Wildman–Crippen LogP) is 3.03. The Morgan fingerprint density at radius 2 is 2.03 bits per heavy atom. The molecule has 10 heteroatoms. The summed E-state index contributed by atoms with van der Waals surface area (Å²) in [7, 11) is 3.31. The van der Waals surface area contributed by atoms with Crippen molar-refractivity contribution in [1.82, 2.24) is 20.1 Å². The molecule has 1 amide bonds. The Kier molecular flexibility index (Phi) is 7.17. The van der Waals surface area contributed by atoms with Crippen molar-refractivity contribution >= 4 is 29.4 Å². The molecular weight excluding hydrogens is 422 g/mol. The summed E-state index contributed by atoms with van der Waals surface area (Å²) in [6, 6.07) is 8.92. The average Bonchev–Trinajstić information content (AvgIpc) is 3.14. The van der Waals surface area contributed by atoms with Crippen molar-refractivity contribution in [3.8, 4) is 22.9 Å². The lowest BCUT2D eigenvalue weighted by Crippen LogP contribution is -2.34. The predicted molar refractivity (Wildman–Crippen MR) is 129 cm³/mol. The largest absolute Gasteiger partial charge is 0.493 e. The van der Waals surface area contributed by atoms with Crippen LogP contribution >= 0.6 is 0 Å². The lowest BCUT2D eigenvalue weighted by molar-refractivity contribution is -0.123. The van der Waals surface area contributed by atoms with Gasteiger partial charge in [-0.25, -0.2) is 4.68 Å². The summed E-state index contributed by atoms with van der Waals surface area (Å²) in [5, 5.41) is 18.1. The maximum absolute atomic E-state index is 11.9. The number of amides is 1. The van der Waals surface area contributed by atoms with E-state index in [-0.39, 0.29) is 18.6 Å². The molecule has 174 valence electrons. The van der Waals surface area contributed by atoms with Gasteiger partial charge in [0.1, 0.15) is 0 Å². The third-order valence-electron chi connectivity index (χ3n) is 4.93. The molecule has 33 heavy (non-hydrogen) atoms. The first-order valence-electron chi connectivity index (χ1n) is 10.4. The van der Waals surface area contributed by atoms with Crippen LogP contribution in [0.15, 0.2) is 30.3 Å². The smallest absolute Gasteiger partial charge is 0.258 e. The summed E-state index contributed by atoms with van der Waals surface area (Å²) in [5.41, 5.74) is 9.50. The van der Waals surface area contributed by atoms with E-state index in [1.54, 1.807) is 36.0 Å². The second-order valence-corrected chi connectivity index (χ2v) is 7.77. The molecule has 0 aliphatic heterocycles. The lowest BCUT2D eigenvalue weighted by Gasteiger charge is -2.12. The van der Waals surface area contributed by atoms with Gasteiger partial charge in [-0.2, -0.15) is 4.98 Å². The van der Waals surface area contributed by atoms with E-state index in [0.29, 0.717) is 34.5 Å². The van der Waals surface area contributed by atoms with Crippen LogP contribution in [-0.4, -0.2) is 46.6 Å². The molecule has 3 rings (SSSR count). The number of hydrogen-bond acceptors (Lipinski definition) is 8. The van der Waals surface area contributed by atoms with E-state index in [4.69, 9.17) is 20.6 Å². The van der Waals surface area contributed by atoms with Crippen LogP contribution in [0, 0.1) is 12.3 Å². The molecule has 0 bridgehead atoms. The normalized spacial score (nSPS) is 10.7. The van der Waals surface area contributed by atoms with Crippen LogP contribution in [-0.2, 0) is 11.8 Å². The fraction of sp³-hybridized carbons (Fsp3) is 0.304. The molecule has 0 saturated heterocycles. The van der Waals surface area contributed by atoms with Crippen LogP contribution in [0.3, 0.4) is 0 Å². The molecule has 0 fully saturated rings. The number of aromatic nitrogens is 3. The van der Waals surface area contributed by atoms with Gasteiger partial charge in [-0.1, -0.05) is 0 Å². The SMILES string of the molecule is COc1cc(-c2nc(Nc3ccc(N)c(C=N)c3C)n(C)n2)ccc1OCC(=O)NC(C)C. The number of aryl methyl sites for hydroxylation is 1. The summed E-state index contributed by atoms with van der Waals surface area (Å²) in [5.74, 6) is 1.73. The molecule has 2 aromatic carbocycles. The van der Waals surface area contributed by atoms with Crippen molar-refractivity contribution in [1.29, 1.82) is 5.41 Å². The average molecular weight is 452 g/mol. The molecule has 0 aliphatic rings. The summed E-state index contributed by atoms with van der Waals surface area (Å²) in [6.45, 7) is 5.55. The third-order valence-corrected chi connectivity index (χ3v) is 4.93. The molecule has 0 unspecified atom stereocenters. The molecular formula is C23H29N7O3. The number of nitrogens with one attached hydrogen (secondary N) is 3. The van der Waals surface area contributed by atoms with E-state index in [1.165, 1.54) is 13.3 Å². The van der Waals surface area contributed by atoms with Crippen molar-refractivity contribution in [2.24, 2.45) is 7.05 Å². The quantitative estimate of drug-likeness (QED) is 0.289. The highest BCUT2D eigenvalue weighted by atomic mass is 16.5. The Morgan fingerprint density at radius 1 is 1.27 bits per heavy atom. The maximum atomic E-state index is 11.9. The number of carbonyl (C=O) groups excluding carboxylic acids is 1. The maximum Gasteiger partial charge on any atom is 0.258 e. The summed E-state index contributed by atoms with van der Waals surface area (Å²) in [6.07, 6.45) is 1.24. The van der Waals surface area contributed by atoms with Crippen LogP contribution in [0.2, 0.25) is 0 Å².